The van der Waals surface area contributed by atoms with Crippen molar-refractivity contribution < 1.29 is 48.7 Å². The normalized spacial score (nSPS) is 16.9. The molecule has 1 unspecified atom stereocenters. The molecular weight excluding hydrogens is 602 g/mol. The molecule has 230 valence electrons. The quantitative estimate of drug-likeness (QED) is 0.202. The fourth-order valence-electron chi connectivity index (χ4n) is 7.26. The standard InChI is InChI=1S/C33H27NO10S/c1-10-7-12-17-20-22-18(27(37)30(43-5)23(20)16(10)11(2)35)14(36)8-15(41-3)19(22)24-21(17)25(28(38)29(12)42-4)26-32(31(24)44-6)45-9-13(34-26)33(39)40/h8,13,37-38H,7,9H2,1-6H3,(H,39,40). The number of Topliss-reactive ketones (excluding diaryl/α,β-unsaturated/α-hetero) is 1. The Hall–Kier alpha value is -4.97. The van der Waals surface area contributed by atoms with E-state index < -0.39 is 23.5 Å². The Bertz CT molecular complexity index is 2250. The molecule has 7 rings (SSSR count). The lowest BCUT2D eigenvalue weighted by atomic mass is 9.79. The number of allylic oxidation sites excluding steroid dienone is 3. The number of aliphatic carboxylic acids is 1. The number of hydrogen-bond donors (Lipinski definition) is 3. The molecule has 3 N–H and O–H groups in total. The van der Waals surface area contributed by atoms with E-state index in [1.165, 1.54) is 53.2 Å². The van der Waals surface area contributed by atoms with E-state index in [0.717, 1.165) is 0 Å². The number of carbonyl (C=O) groups is 3. The van der Waals surface area contributed by atoms with Gasteiger partial charge in [-0.05, 0) is 25.7 Å². The number of hydrogen-bond acceptors (Lipinski definition) is 11. The van der Waals surface area contributed by atoms with Crippen LogP contribution in [0.25, 0.3) is 43.6 Å². The summed E-state index contributed by atoms with van der Waals surface area (Å²) in [5.74, 6) is -1.95. The number of benzene rings is 4. The van der Waals surface area contributed by atoms with Gasteiger partial charge < -0.3 is 34.3 Å². The van der Waals surface area contributed by atoms with E-state index in [0.29, 0.717) is 54.3 Å². The highest BCUT2D eigenvalue weighted by Crippen LogP contribution is 2.59. The number of phenolic OH excluding ortho intramolecular Hbond substituents is 2. The Labute approximate surface area is 259 Å². The Kier molecular flexibility index (Phi) is 6.25. The van der Waals surface area contributed by atoms with Crippen LogP contribution in [0.5, 0.6) is 28.7 Å². The molecule has 0 amide bonds. The summed E-state index contributed by atoms with van der Waals surface area (Å²) in [7, 11) is 5.65. The molecule has 0 saturated heterocycles. The summed E-state index contributed by atoms with van der Waals surface area (Å²) in [5.41, 5.74) is 2.06. The van der Waals surface area contributed by atoms with Crippen LogP contribution in [-0.4, -0.2) is 73.1 Å². The number of thioether (sulfide) groups is 1. The molecule has 12 heteroatoms. The number of carboxylic acids is 1. The molecule has 0 saturated carbocycles. The third-order valence-corrected chi connectivity index (χ3v) is 10.0. The molecule has 0 radical (unpaired) electrons. The first-order chi connectivity index (χ1) is 21.5. The number of ether oxygens (including phenoxy) is 4. The van der Waals surface area contributed by atoms with Crippen LogP contribution in [0.1, 0.15) is 40.9 Å². The molecule has 45 heavy (non-hydrogen) atoms. The molecule has 0 spiro atoms. The second-order valence-corrected chi connectivity index (χ2v) is 12.1. The van der Waals surface area contributed by atoms with Gasteiger partial charge in [-0.15, -0.1) is 11.8 Å². The SMILES string of the molecule is COC1=CC(=O)c2c(O)c(OC)c3c4c2c1c1c(OC)c2c(c5c(O)c(OC)c(c4c15)CC(C)=C3C(C)=O)=NC(C(=O)O)CS2. The zero-order chi connectivity index (χ0) is 32.2. The monoisotopic (exact) mass is 629 g/mol. The van der Waals surface area contributed by atoms with Crippen LogP contribution in [0.3, 0.4) is 0 Å². The van der Waals surface area contributed by atoms with Gasteiger partial charge in [-0.25, -0.2) is 4.79 Å². The number of phenols is 2. The Morgan fingerprint density at radius 2 is 1.53 bits per heavy atom. The molecule has 1 atom stereocenters. The molecule has 0 bridgehead atoms. The van der Waals surface area contributed by atoms with Gasteiger partial charge in [-0.3, -0.25) is 14.6 Å². The summed E-state index contributed by atoms with van der Waals surface area (Å²) >= 11 is 1.22. The molecule has 4 aromatic carbocycles. The van der Waals surface area contributed by atoms with Crippen molar-refractivity contribution in [1.82, 2.24) is 0 Å². The molecule has 3 aliphatic rings. The summed E-state index contributed by atoms with van der Waals surface area (Å²) in [6, 6.07) is -1.09. The van der Waals surface area contributed by atoms with E-state index in [1.807, 2.05) is 0 Å². The highest BCUT2D eigenvalue weighted by atomic mass is 32.2. The largest absolute Gasteiger partial charge is 0.504 e. The maximum Gasteiger partial charge on any atom is 0.329 e. The minimum Gasteiger partial charge on any atom is -0.504 e. The number of methoxy groups -OCH3 is 4. The van der Waals surface area contributed by atoms with Gasteiger partial charge >= 0.3 is 5.97 Å². The number of nitrogens with zero attached hydrogens (tertiary/aromatic N) is 1. The van der Waals surface area contributed by atoms with Crippen LogP contribution < -0.4 is 19.6 Å². The van der Waals surface area contributed by atoms with Gasteiger partial charge in [-0.2, -0.15) is 0 Å². The third-order valence-electron chi connectivity index (χ3n) is 8.86. The van der Waals surface area contributed by atoms with E-state index in [2.05, 4.69) is 4.99 Å². The number of fused-ring (bicyclic) bond motifs is 3. The molecule has 0 aromatic heterocycles. The van der Waals surface area contributed by atoms with Gasteiger partial charge in [0.2, 0.25) is 0 Å². The summed E-state index contributed by atoms with van der Waals surface area (Å²) in [5, 5.41) is 36.2. The number of rotatable bonds is 6. The molecule has 1 heterocycles. The topological polar surface area (TPSA) is 161 Å². The van der Waals surface area contributed by atoms with E-state index in [4.69, 9.17) is 18.9 Å². The van der Waals surface area contributed by atoms with Gasteiger partial charge in [0.1, 0.15) is 11.5 Å². The molecule has 1 aliphatic heterocycles. The lowest BCUT2D eigenvalue weighted by Crippen LogP contribution is -2.29. The number of ketones is 2. The number of carboxylic acid groups (broad SMARTS) is 1. The zero-order valence-electron chi connectivity index (χ0n) is 25.1. The molecule has 0 fully saturated rings. The summed E-state index contributed by atoms with van der Waals surface area (Å²) in [6.07, 6.45) is 1.42. The van der Waals surface area contributed by atoms with E-state index in [1.54, 1.807) is 6.92 Å². The average Bonchev–Trinajstić information content (AvgIpc) is 3.14. The smallest absolute Gasteiger partial charge is 0.329 e. The first-order valence-corrected chi connectivity index (χ1v) is 14.9. The van der Waals surface area contributed by atoms with E-state index in [9.17, 15) is 29.7 Å². The van der Waals surface area contributed by atoms with Crippen LogP contribution in [0.4, 0.5) is 0 Å². The summed E-state index contributed by atoms with van der Waals surface area (Å²) < 4.78 is 23.4. The maximum absolute atomic E-state index is 13.7. The molecule has 4 aromatic rings. The Balaban J connectivity index is 1.97. The molecule has 2 aliphatic carbocycles. The van der Waals surface area contributed by atoms with Crippen molar-refractivity contribution in [1.29, 1.82) is 0 Å². The lowest BCUT2D eigenvalue weighted by Gasteiger charge is -2.29. The highest BCUT2D eigenvalue weighted by Gasteiger charge is 2.40. The minimum atomic E-state index is -1.12. The fraction of sp³-hybridized carbons (Fsp3) is 0.273. The number of aromatic hydroxyl groups is 2. The number of carbonyl (C=O) groups excluding carboxylic acids is 2. The Morgan fingerprint density at radius 3 is 2.13 bits per heavy atom. The van der Waals surface area contributed by atoms with Gasteiger partial charge in [-0.1, -0.05) is 5.57 Å². The Morgan fingerprint density at radius 1 is 0.844 bits per heavy atom. The van der Waals surface area contributed by atoms with Crippen molar-refractivity contribution >= 4 is 72.9 Å². The van der Waals surface area contributed by atoms with Crippen molar-refractivity contribution in [3.8, 4) is 28.7 Å². The summed E-state index contributed by atoms with van der Waals surface area (Å²) in [6.45, 7) is 3.19. The zero-order valence-corrected chi connectivity index (χ0v) is 25.9. The van der Waals surface area contributed by atoms with E-state index in [-0.39, 0.29) is 68.4 Å². The van der Waals surface area contributed by atoms with Gasteiger partial charge in [0, 0.05) is 55.6 Å². The van der Waals surface area contributed by atoms with Crippen LogP contribution >= 0.6 is 11.8 Å². The van der Waals surface area contributed by atoms with E-state index >= 15 is 0 Å². The van der Waals surface area contributed by atoms with Gasteiger partial charge in [0.25, 0.3) is 0 Å². The molecule has 11 nitrogen and oxygen atoms in total. The highest BCUT2D eigenvalue weighted by molar-refractivity contribution is 7.99. The van der Waals surface area contributed by atoms with Crippen LogP contribution in [0.2, 0.25) is 0 Å². The van der Waals surface area contributed by atoms with Crippen molar-refractivity contribution in [3.63, 3.8) is 0 Å². The predicted molar refractivity (Wildman–Crippen MR) is 167 cm³/mol. The van der Waals surface area contributed by atoms with Crippen LogP contribution in [0, 0.1) is 0 Å². The van der Waals surface area contributed by atoms with Crippen LogP contribution in [0.15, 0.2) is 21.5 Å². The maximum atomic E-state index is 13.7. The van der Waals surface area contributed by atoms with Gasteiger partial charge in [0.05, 0.1) is 49.6 Å². The lowest BCUT2D eigenvalue weighted by molar-refractivity contribution is -0.138. The summed E-state index contributed by atoms with van der Waals surface area (Å²) in [4.78, 5) is 44.4. The minimum absolute atomic E-state index is 0.0382. The van der Waals surface area contributed by atoms with Crippen LogP contribution in [-0.2, 0) is 20.7 Å². The van der Waals surface area contributed by atoms with Crippen molar-refractivity contribution in [2.75, 3.05) is 34.2 Å². The van der Waals surface area contributed by atoms with Gasteiger partial charge in [0.15, 0.2) is 40.6 Å². The van der Waals surface area contributed by atoms with Crippen molar-refractivity contribution in [3.05, 3.63) is 39.3 Å². The van der Waals surface area contributed by atoms with Crippen molar-refractivity contribution in [2.24, 2.45) is 4.99 Å². The second-order valence-electron chi connectivity index (χ2n) is 11.1. The van der Waals surface area contributed by atoms with Crippen molar-refractivity contribution in [2.45, 2.75) is 31.2 Å². The second kappa shape index (κ2) is 9.77. The average molecular weight is 630 g/mol. The first-order valence-electron chi connectivity index (χ1n) is 13.9. The fourth-order valence-corrected chi connectivity index (χ4v) is 8.41. The predicted octanol–water partition coefficient (Wildman–Crippen LogP) is 4.58. The molecular formula is C33H27NO10S. The third kappa shape index (κ3) is 3.48. The first kappa shape index (κ1) is 28.8.